The number of aliphatic hydroxyl groups excluding tert-OH is 2. The third-order valence-corrected chi connectivity index (χ3v) is 10.8. The van der Waals surface area contributed by atoms with Crippen LogP contribution >= 0.6 is 23.2 Å². The smallest absolute Gasteiger partial charge is 0.343 e. The molecule has 0 aliphatic rings. The van der Waals surface area contributed by atoms with Gasteiger partial charge in [0.15, 0.2) is 12.2 Å². The van der Waals surface area contributed by atoms with Crippen molar-refractivity contribution in [3.63, 3.8) is 0 Å². The summed E-state index contributed by atoms with van der Waals surface area (Å²) in [6.07, 6.45) is -3.12. The Morgan fingerprint density at radius 1 is 0.536 bits per heavy atom. The average molecular weight is 806 g/mol. The summed E-state index contributed by atoms with van der Waals surface area (Å²) < 4.78 is 11.5. The molecule has 0 aromatic heterocycles. The fourth-order valence-electron chi connectivity index (χ4n) is 7.52. The highest BCUT2D eigenvalue weighted by Gasteiger charge is 2.35. The summed E-state index contributed by atoms with van der Waals surface area (Å²) in [6.45, 7) is 18.8. The second-order valence-corrected chi connectivity index (χ2v) is 16.3. The maximum atomic E-state index is 13.5. The van der Waals surface area contributed by atoms with E-state index in [-0.39, 0.29) is 23.3 Å². The van der Waals surface area contributed by atoms with Gasteiger partial charge in [0.2, 0.25) is 0 Å². The lowest BCUT2D eigenvalue weighted by atomic mass is 9.87. The molecule has 0 bridgehead atoms. The Balaban J connectivity index is 1.58. The fourth-order valence-corrected chi connectivity index (χ4v) is 7.88. The SMILES string of the molecule is CC(C)N(CC[C@H](c1ccccc1)c1cc(Cl)ccc1OC(=O)C(O)C(O)C(=O)Oc1ccc(Cl)cc1[C@H](CCN(C(C)C)C(C)C)c1ccccc1)C(C)C. The number of benzene rings is 4. The van der Waals surface area contributed by atoms with Crippen molar-refractivity contribution in [2.24, 2.45) is 0 Å². The van der Waals surface area contributed by atoms with Crippen molar-refractivity contribution in [1.29, 1.82) is 0 Å². The number of rotatable bonds is 19. The van der Waals surface area contributed by atoms with Crippen LogP contribution in [-0.2, 0) is 9.59 Å². The summed E-state index contributed by atoms with van der Waals surface area (Å²) in [5.74, 6) is -2.54. The minimum atomic E-state index is -2.25. The number of carbonyl (C=O) groups is 2. The maximum absolute atomic E-state index is 13.5. The average Bonchev–Trinajstić information content (AvgIpc) is 3.16. The Kier molecular flexibility index (Phi) is 17.0. The van der Waals surface area contributed by atoms with Gasteiger partial charge in [0.05, 0.1) is 0 Å². The molecule has 10 heteroatoms. The monoisotopic (exact) mass is 804 g/mol. The number of carbonyl (C=O) groups excluding carboxylic acids is 2. The van der Waals surface area contributed by atoms with Crippen LogP contribution in [-0.4, -0.2) is 81.4 Å². The highest BCUT2D eigenvalue weighted by Crippen LogP contribution is 2.39. The van der Waals surface area contributed by atoms with Crippen LogP contribution in [0.3, 0.4) is 0 Å². The largest absolute Gasteiger partial charge is 0.424 e. The molecule has 0 radical (unpaired) electrons. The Morgan fingerprint density at radius 3 is 1.16 bits per heavy atom. The van der Waals surface area contributed by atoms with Crippen molar-refractivity contribution in [2.45, 2.75) is 116 Å². The van der Waals surface area contributed by atoms with Crippen molar-refractivity contribution in [3.8, 4) is 11.5 Å². The zero-order valence-corrected chi connectivity index (χ0v) is 35.4. The van der Waals surface area contributed by atoms with Crippen LogP contribution < -0.4 is 9.47 Å². The Morgan fingerprint density at radius 2 is 0.857 bits per heavy atom. The van der Waals surface area contributed by atoms with Gasteiger partial charge in [0.1, 0.15) is 11.5 Å². The van der Waals surface area contributed by atoms with Gasteiger partial charge >= 0.3 is 11.9 Å². The second kappa shape index (κ2) is 21.1. The van der Waals surface area contributed by atoms with Crippen molar-refractivity contribution in [2.75, 3.05) is 13.1 Å². The number of hydrogen-bond donors (Lipinski definition) is 2. The van der Waals surface area contributed by atoms with Gasteiger partial charge in [0.25, 0.3) is 0 Å². The van der Waals surface area contributed by atoms with Crippen molar-refractivity contribution < 1.29 is 29.3 Å². The molecule has 56 heavy (non-hydrogen) atoms. The molecule has 4 atom stereocenters. The number of nitrogens with zero attached hydrogens (tertiary/aromatic N) is 2. The molecule has 302 valence electrons. The number of halogens is 2. The highest BCUT2D eigenvalue weighted by atomic mass is 35.5. The van der Waals surface area contributed by atoms with E-state index in [1.807, 2.05) is 60.7 Å². The van der Waals surface area contributed by atoms with E-state index in [0.29, 0.717) is 58.2 Å². The van der Waals surface area contributed by atoms with Crippen LogP contribution in [0.15, 0.2) is 97.1 Å². The van der Waals surface area contributed by atoms with Gasteiger partial charge in [0, 0.05) is 57.2 Å². The van der Waals surface area contributed by atoms with Crippen molar-refractivity contribution in [3.05, 3.63) is 129 Å². The lowest BCUT2D eigenvalue weighted by Crippen LogP contribution is -2.44. The molecule has 0 aliphatic heterocycles. The lowest BCUT2D eigenvalue weighted by Gasteiger charge is -2.32. The van der Waals surface area contributed by atoms with Crippen LogP contribution in [0.2, 0.25) is 10.0 Å². The third-order valence-electron chi connectivity index (χ3n) is 10.3. The van der Waals surface area contributed by atoms with E-state index in [1.165, 1.54) is 0 Å². The molecular formula is C46H58Cl2N2O6. The van der Waals surface area contributed by atoms with Crippen LogP contribution in [0.25, 0.3) is 0 Å². The molecule has 8 nitrogen and oxygen atoms in total. The van der Waals surface area contributed by atoms with E-state index in [2.05, 4.69) is 65.2 Å². The molecule has 0 fully saturated rings. The van der Waals surface area contributed by atoms with E-state index in [0.717, 1.165) is 24.2 Å². The first-order valence-electron chi connectivity index (χ1n) is 19.6. The molecule has 0 saturated carbocycles. The predicted molar refractivity (Wildman–Crippen MR) is 226 cm³/mol. The molecule has 4 rings (SSSR count). The van der Waals surface area contributed by atoms with E-state index in [9.17, 15) is 19.8 Å². The number of ether oxygens (including phenoxy) is 2. The minimum Gasteiger partial charge on any atom is -0.424 e. The maximum Gasteiger partial charge on any atom is 0.343 e. The van der Waals surface area contributed by atoms with Gasteiger partial charge in [-0.05, 0) is 129 Å². The van der Waals surface area contributed by atoms with Gasteiger partial charge in [-0.25, -0.2) is 9.59 Å². The molecule has 0 aliphatic carbocycles. The lowest BCUT2D eigenvalue weighted by molar-refractivity contribution is -0.162. The quantitative estimate of drug-likeness (QED) is 0.0715. The third kappa shape index (κ3) is 12.1. The van der Waals surface area contributed by atoms with Gasteiger partial charge in [-0.1, -0.05) is 83.9 Å². The second-order valence-electron chi connectivity index (χ2n) is 15.5. The zero-order chi connectivity index (χ0) is 41.1. The van der Waals surface area contributed by atoms with E-state index >= 15 is 0 Å². The first kappa shape index (κ1) is 44.9. The topological polar surface area (TPSA) is 99.5 Å². The molecule has 2 N–H and O–H groups in total. The molecule has 4 aromatic rings. The molecule has 0 amide bonds. The molecule has 4 aromatic carbocycles. The summed E-state index contributed by atoms with van der Waals surface area (Å²) in [5, 5.41) is 23.0. The normalized spacial score (nSPS) is 14.1. The molecule has 0 heterocycles. The van der Waals surface area contributed by atoms with Gasteiger partial charge in [-0.15, -0.1) is 0 Å². The fraction of sp³-hybridized carbons (Fsp3) is 0.435. The van der Waals surface area contributed by atoms with E-state index < -0.39 is 24.1 Å². The van der Waals surface area contributed by atoms with E-state index in [1.54, 1.807) is 36.4 Å². The minimum absolute atomic E-state index is 0.163. The summed E-state index contributed by atoms with van der Waals surface area (Å²) >= 11 is 13.0. The summed E-state index contributed by atoms with van der Waals surface area (Å²) in [4.78, 5) is 31.8. The van der Waals surface area contributed by atoms with E-state index in [4.69, 9.17) is 32.7 Å². The number of esters is 2. The number of hydrogen-bond acceptors (Lipinski definition) is 8. The molecular weight excluding hydrogens is 747 g/mol. The zero-order valence-electron chi connectivity index (χ0n) is 33.9. The Labute approximate surface area is 343 Å². The summed E-state index contributed by atoms with van der Waals surface area (Å²) in [5.41, 5.74) is 3.27. The molecule has 0 spiro atoms. The molecule has 0 saturated heterocycles. The summed E-state index contributed by atoms with van der Waals surface area (Å²) in [7, 11) is 0. The van der Waals surface area contributed by atoms with Crippen LogP contribution in [0.5, 0.6) is 11.5 Å². The van der Waals surface area contributed by atoms with Crippen LogP contribution in [0.4, 0.5) is 0 Å². The van der Waals surface area contributed by atoms with Gasteiger partial charge < -0.3 is 19.7 Å². The first-order chi connectivity index (χ1) is 26.6. The van der Waals surface area contributed by atoms with Crippen molar-refractivity contribution >= 4 is 35.1 Å². The standard InChI is InChI=1S/C46H58Cl2N2O6/c1-29(2)49(30(3)4)25-23-37(33-15-11-9-12-16-33)39-27-35(47)19-21-41(39)55-45(53)43(51)44(52)46(54)56-42-22-20-36(48)28-40(42)38(34-17-13-10-14-18-34)24-26-50(31(5)6)32(7)8/h9-22,27-32,37-38,43-44,51-52H,23-26H2,1-8H3/t37-,38-,43?,44?/m1/s1. The van der Waals surface area contributed by atoms with Gasteiger partial charge in [-0.3, -0.25) is 9.80 Å². The number of aliphatic hydroxyl groups is 2. The van der Waals surface area contributed by atoms with Crippen molar-refractivity contribution in [1.82, 2.24) is 9.80 Å². The van der Waals surface area contributed by atoms with Gasteiger partial charge in [-0.2, -0.15) is 0 Å². The van der Waals surface area contributed by atoms with Crippen LogP contribution in [0.1, 0.15) is 102 Å². The highest BCUT2D eigenvalue weighted by molar-refractivity contribution is 6.31. The Hall–Kier alpha value is -3.76. The molecule has 2 unspecified atom stereocenters. The predicted octanol–water partition coefficient (Wildman–Crippen LogP) is 9.51. The Bertz CT molecular complexity index is 1700. The first-order valence-corrected chi connectivity index (χ1v) is 20.3. The summed E-state index contributed by atoms with van der Waals surface area (Å²) in [6, 6.07) is 30.8. The van der Waals surface area contributed by atoms with Crippen LogP contribution in [0, 0.1) is 0 Å².